The van der Waals surface area contributed by atoms with Gasteiger partial charge in [0.25, 0.3) is 5.91 Å². The number of halogens is 2. The van der Waals surface area contributed by atoms with Crippen LogP contribution in [0, 0.1) is 11.6 Å². The van der Waals surface area contributed by atoms with E-state index in [1.807, 2.05) is 0 Å². The van der Waals surface area contributed by atoms with Crippen molar-refractivity contribution in [3.63, 3.8) is 0 Å². The highest BCUT2D eigenvalue weighted by Crippen LogP contribution is 2.23. The van der Waals surface area contributed by atoms with Gasteiger partial charge in [0.05, 0.1) is 6.10 Å². The number of hydrogen-bond donors (Lipinski definition) is 1. The number of hydrogen-bond acceptors (Lipinski definition) is 6. The molecular formula is C23H22F2N2O5. The summed E-state index contributed by atoms with van der Waals surface area (Å²) in [7, 11) is 0. The van der Waals surface area contributed by atoms with E-state index in [4.69, 9.17) is 14.0 Å². The molecule has 1 aromatic heterocycles. The van der Waals surface area contributed by atoms with Crippen LogP contribution < -0.4 is 9.47 Å². The lowest BCUT2D eigenvalue weighted by atomic mass is 10.1. The van der Waals surface area contributed by atoms with E-state index in [-0.39, 0.29) is 48.4 Å². The molecule has 0 saturated carbocycles. The summed E-state index contributed by atoms with van der Waals surface area (Å²) in [5.74, 6) is -0.980. The maximum Gasteiger partial charge on any atom is 0.276 e. The molecule has 2 atom stereocenters. The normalized spacial score (nSPS) is 18.8. The van der Waals surface area contributed by atoms with E-state index in [1.165, 1.54) is 35.2 Å². The molecule has 1 N–H and O–H groups in total. The van der Waals surface area contributed by atoms with Gasteiger partial charge in [0.1, 0.15) is 12.7 Å². The second-order valence-corrected chi connectivity index (χ2v) is 7.42. The molecule has 0 spiro atoms. The molecule has 168 valence electrons. The second kappa shape index (κ2) is 9.78. The first kappa shape index (κ1) is 21.8. The maximum atomic E-state index is 13.9. The zero-order valence-corrected chi connectivity index (χ0v) is 17.1. The number of aliphatic hydroxyl groups is 1. The predicted octanol–water partition coefficient (Wildman–Crippen LogP) is 3.58. The minimum atomic E-state index is -0.852. The molecule has 1 amide bonds. The average Bonchev–Trinajstić information content (AvgIpc) is 3.19. The summed E-state index contributed by atoms with van der Waals surface area (Å²) in [6.07, 6.45) is -0.907. The van der Waals surface area contributed by atoms with Crippen LogP contribution in [0.1, 0.15) is 29.1 Å². The highest BCUT2D eigenvalue weighted by atomic mass is 19.1. The molecule has 0 aliphatic carbocycles. The molecule has 4 rings (SSSR count). The quantitative estimate of drug-likeness (QED) is 0.626. The number of para-hydroxylation sites is 2. The van der Waals surface area contributed by atoms with Crippen molar-refractivity contribution in [3.8, 4) is 11.5 Å². The first-order valence-electron chi connectivity index (χ1n) is 10.2. The molecule has 0 unspecified atom stereocenters. The summed E-state index contributed by atoms with van der Waals surface area (Å²) < 4.78 is 43.7. The van der Waals surface area contributed by atoms with Gasteiger partial charge in [-0.2, -0.15) is 0 Å². The van der Waals surface area contributed by atoms with Crippen LogP contribution in [0.5, 0.6) is 11.5 Å². The predicted molar refractivity (Wildman–Crippen MR) is 109 cm³/mol. The smallest absolute Gasteiger partial charge is 0.276 e. The lowest BCUT2D eigenvalue weighted by Crippen LogP contribution is -2.33. The molecule has 1 fully saturated rings. The summed E-state index contributed by atoms with van der Waals surface area (Å²) >= 11 is 0. The third-order valence-corrected chi connectivity index (χ3v) is 5.19. The summed E-state index contributed by atoms with van der Waals surface area (Å²) in [4.78, 5) is 14.4. The molecule has 32 heavy (non-hydrogen) atoms. The molecular weight excluding hydrogens is 422 g/mol. The number of aromatic nitrogens is 1. The first-order chi connectivity index (χ1) is 15.5. The number of likely N-dealkylation sites (tertiary alicyclic amines) is 1. The summed E-state index contributed by atoms with van der Waals surface area (Å²) in [5, 5.41) is 14.2. The van der Waals surface area contributed by atoms with Crippen molar-refractivity contribution < 1.29 is 32.7 Å². The van der Waals surface area contributed by atoms with Gasteiger partial charge in [-0.3, -0.25) is 4.79 Å². The molecule has 1 aliphatic rings. The summed E-state index contributed by atoms with van der Waals surface area (Å²) in [5.41, 5.74) is 0.0834. The zero-order valence-electron chi connectivity index (χ0n) is 17.1. The van der Waals surface area contributed by atoms with Crippen molar-refractivity contribution >= 4 is 5.91 Å². The molecule has 0 bridgehead atoms. The van der Waals surface area contributed by atoms with Crippen molar-refractivity contribution in [2.24, 2.45) is 0 Å². The van der Waals surface area contributed by atoms with Crippen LogP contribution in [0.3, 0.4) is 0 Å². The van der Waals surface area contributed by atoms with Gasteiger partial charge in [-0.1, -0.05) is 29.4 Å². The van der Waals surface area contributed by atoms with Crippen LogP contribution in [0.15, 0.2) is 59.1 Å². The fourth-order valence-electron chi connectivity index (χ4n) is 3.46. The number of carbonyl (C=O) groups is 1. The van der Waals surface area contributed by atoms with E-state index in [0.717, 1.165) is 0 Å². The third kappa shape index (κ3) is 5.05. The lowest BCUT2D eigenvalue weighted by Gasteiger charge is -2.21. The Hall–Kier alpha value is -3.46. The number of carbonyl (C=O) groups excluding carboxylic acids is 1. The number of aliphatic hydroxyl groups excluding tert-OH is 1. The van der Waals surface area contributed by atoms with Gasteiger partial charge in [0, 0.05) is 25.6 Å². The Balaban J connectivity index is 1.35. The molecule has 7 nitrogen and oxygen atoms in total. The van der Waals surface area contributed by atoms with E-state index < -0.39 is 23.8 Å². The molecule has 1 aliphatic heterocycles. The highest BCUT2D eigenvalue weighted by molar-refractivity contribution is 5.92. The SMILES string of the molecule is O=C(c1cc(COc2ccccc2F)on1)N1CC[C@H](Oc2ccccc2F)[C@@H](O)CC1. The minimum absolute atomic E-state index is 0.0623. The van der Waals surface area contributed by atoms with Crippen molar-refractivity contribution in [2.45, 2.75) is 31.7 Å². The van der Waals surface area contributed by atoms with Crippen molar-refractivity contribution in [2.75, 3.05) is 13.1 Å². The number of nitrogens with zero attached hydrogens (tertiary/aromatic N) is 2. The molecule has 3 aromatic rings. The van der Waals surface area contributed by atoms with Crippen LogP contribution >= 0.6 is 0 Å². The third-order valence-electron chi connectivity index (χ3n) is 5.19. The first-order valence-corrected chi connectivity index (χ1v) is 10.2. The Morgan fingerprint density at radius 1 is 1.06 bits per heavy atom. The van der Waals surface area contributed by atoms with Gasteiger partial charge in [0.15, 0.2) is 34.6 Å². The average molecular weight is 444 g/mol. The van der Waals surface area contributed by atoms with E-state index >= 15 is 0 Å². The molecule has 1 saturated heterocycles. The fraction of sp³-hybridized carbons (Fsp3) is 0.304. The number of ether oxygens (including phenoxy) is 2. The van der Waals surface area contributed by atoms with Crippen LogP contribution in [0.2, 0.25) is 0 Å². The Labute approximate surface area is 183 Å². The zero-order chi connectivity index (χ0) is 22.5. The van der Waals surface area contributed by atoms with Crippen molar-refractivity contribution in [1.29, 1.82) is 0 Å². The monoisotopic (exact) mass is 444 g/mol. The Bertz CT molecular complexity index is 1070. The number of benzene rings is 2. The molecule has 2 heterocycles. The Kier molecular flexibility index (Phi) is 6.65. The largest absolute Gasteiger partial charge is 0.485 e. The maximum absolute atomic E-state index is 13.9. The molecule has 2 aromatic carbocycles. The van der Waals surface area contributed by atoms with Crippen molar-refractivity contribution in [1.82, 2.24) is 10.1 Å². The summed E-state index contributed by atoms with van der Waals surface area (Å²) in [6, 6.07) is 13.4. The van der Waals surface area contributed by atoms with E-state index in [9.17, 15) is 18.7 Å². The van der Waals surface area contributed by atoms with Gasteiger partial charge in [0.2, 0.25) is 0 Å². The standard InChI is InChI=1S/C23H22F2N2O5/c24-16-5-1-3-7-20(16)30-14-15-13-18(26-32-15)23(29)27-11-9-19(28)22(10-12-27)31-21-8-4-2-6-17(21)25/h1-8,13,19,22,28H,9-12,14H2/t19-,22-/m0/s1. The van der Waals surface area contributed by atoms with E-state index in [0.29, 0.717) is 13.0 Å². The second-order valence-electron chi connectivity index (χ2n) is 7.42. The van der Waals surface area contributed by atoms with Gasteiger partial charge in [-0.05, 0) is 30.7 Å². The Morgan fingerprint density at radius 3 is 2.44 bits per heavy atom. The summed E-state index contributed by atoms with van der Waals surface area (Å²) in [6.45, 7) is 0.493. The minimum Gasteiger partial charge on any atom is -0.485 e. The number of rotatable bonds is 6. The molecule has 0 radical (unpaired) electrons. The van der Waals surface area contributed by atoms with Gasteiger partial charge < -0.3 is 24.0 Å². The van der Waals surface area contributed by atoms with E-state index in [2.05, 4.69) is 5.16 Å². The van der Waals surface area contributed by atoms with Crippen LogP contribution in [-0.2, 0) is 6.61 Å². The van der Waals surface area contributed by atoms with Crippen LogP contribution in [0.4, 0.5) is 8.78 Å². The van der Waals surface area contributed by atoms with Crippen molar-refractivity contribution in [3.05, 3.63) is 77.7 Å². The van der Waals surface area contributed by atoms with E-state index in [1.54, 1.807) is 24.3 Å². The fourth-order valence-corrected chi connectivity index (χ4v) is 3.46. The van der Waals surface area contributed by atoms with Crippen LogP contribution in [-0.4, -0.2) is 46.4 Å². The van der Waals surface area contributed by atoms with Gasteiger partial charge >= 0.3 is 0 Å². The highest BCUT2D eigenvalue weighted by Gasteiger charge is 2.30. The van der Waals surface area contributed by atoms with Gasteiger partial charge in [-0.15, -0.1) is 0 Å². The topological polar surface area (TPSA) is 85.0 Å². The number of amides is 1. The van der Waals surface area contributed by atoms with Crippen LogP contribution in [0.25, 0.3) is 0 Å². The lowest BCUT2D eigenvalue weighted by molar-refractivity contribution is 0.0328. The Morgan fingerprint density at radius 2 is 1.72 bits per heavy atom. The van der Waals surface area contributed by atoms with Gasteiger partial charge in [-0.25, -0.2) is 8.78 Å². The molecule has 9 heteroatoms.